The molecule has 2 heterocycles. The quantitative estimate of drug-likeness (QED) is 0.833. The molecule has 132 valence electrons. The molecule has 6 nitrogen and oxygen atoms in total. The minimum atomic E-state index is -0.111. The molecule has 1 fully saturated rings. The third-order valence-corrected chi connectivity index (χ3v) is 4.71. The number of nitrogens with one attached hydrogen (secondary N) is 1. The summed E-state index contributed by atoms with van der Waals surface area (Å²) in [5.74, 6) is 0.305. The van der Waals surface area contributed by atoms with Crippen LogP contribution in [0.5, 0.6) is 0 Å². The van der Waals surface area contributed by atoms with Gasteiger partial charge in [-0.1, -0.05) is 13.8 Å². The van der Waals surface area contributed by atoms with Crippen molar-refractivity contribution in [3.05, 3.63) is 17.2 Å². The van der Waals surface area contributed by atoms with Crippen molar-refractivity contribution in [3.8, 4) is 0 Å². The van der Waals surface area contributed by atoms with Crippen molar-refractivity contribution in [1.29, 1.82) is 0 Å². The van der Waals surface area contributed by atoms with E-state index in [-0.39, 0.29) is 11.8 Å². The van der Waals surface area contributed by atoms with E-state index in [0.717, 1.165) is 70.3 Å². The van der Waals surface area contributed by atoms with Crippen LogP contribution in [0.2, 0.25) is 0 Å². The molecule has 0 aromatic carbocycles. The van der Waals surface area contributed by atoms with Crippen LogP contribution in [-0.2, 0) is 13.0 Å². The van der Waals surface area contributed by atoms with Gasteiger partial charge in [-0.15, -0.1) is 0 Å². The second-order valence-corrected chi connectivity index (χ2v) is 6.88. The van der Waals surface area contributed by atoms with E-state index in [1.165, 1.54) is 0 Å². The zero-order chi connectivity index (χ0) is 17.1. The third-order valence-electron chi connectivity index (χ3n) is 4.71. The first-order chi connectivity index (χ1) is 11.7. The molecule has 0 spiro atoms. The van der Waals surface area contributed by atoms with Crippen molar-refractivity contribution in [2.45, 2.75) is 71.4 Å². The summed E-state index contributed by atoms with van der Waals surface area (Å²) in [6.07, 6.45) is 6.87. The lowest BCUT2D eigenvalue weighted by molar-refractivity contribution is 0.0737. The molecule has 0 bridgehead atoms. The van der Waals surface area contributed by atoms with Crippen molar-refractivity contribution in [3.63, 3.8) is 0 Å². The molecule has 0 saturated heterocycles. The second kappa shape index (κ2) is 7.36. The number of aromatic nitrogens is 2. The monoisotopic (exact) mass is 332 g/mol. The summed E-state index contributed by atoms with van der Waals surface area (Å²) in [5, 5.41) is 3.01. The first-order valence-corrected chi connectivity index (χ1v) is 9.35. The summed E-state index contributed by atoms with van der Waals surface area (Å²) in [5.41, 5.74) is 1.41. The van der Waals surface area contributed by atoms with Crippen LogP contribution in [0.15, 0.2) is 0 Å². The Morgan fingerprint density at radius 3 is 2.54 bits per heavy atom. The largest absolute Gasteiger partial charge is 0.348 e. The maximum atomic E-state index is 13.0. The van der Waals surface area contributed by atoms with Crippen molar-refractivity contribution < 1.29 is 9.59 Å². The van der Waals surface area contributed by atoms with E-state index in [0.29, 0.717) is 17.6 Å². The number of hydrogen-bond donors (Lipinski definition) is 1. The molecule has 1 N–H and O–H groups in total. The molecule has 0 atom stereocenters. The molecule has 24 heavy (non-hydrogen) atoms. The van der Waals surface area contributed by atoms with Crippen LogP contribution in [0.1, 0.15) is 79.2 Å². The lowest BCUT2D eigenvalue weighted by atomic mass is 10.1. The minimum absolute atomic E-state index is 0.0349. The highest BCUT2D eigenvalue weighted by Gasteiger charge is 2.31. The lowest BCUT2D eigenvalue weighted by Gasteiger charge is -2.23. The fourth-order valence-electron chi connectivity index (χ4n) is 3.37. The Balaban J connectivity index is 1.90. The maximum absolute atomic E-state index is 13.0. The Morgan fingerprint density at radius 2 is 1.92 bits per heavy atom. The van der Waals surface area contributed by atoms with E-state index in [1.54, 1.807) is 0 Å². The summed E-state index contributed by atoms with van der Waals surface area (Å²) in [6.45, 7) is 6.40. The van der Waals surface area contributed by atoms with Crippen molar-refractivity contribution >= 4 is 11.8 Å². The Morgan fingerprint density at radius 1 is 1.21 bits per heavy atom. The summed E-state index contributed by atoms with van der Waals surface area (Å²) in [4.78, 5) is 31.9. The summed E-state index contributed by atoms with van der Waals surface area (Å²) in [6, 6.07) is 0.300. The standard InChI is InChI=1S/C18H28N4O2/c1-3-10-21(11-4-2)18(24)16-20-15(17(23)19-13-8-9-13)14-7-5-6-12-22(14)16/h13H,3-12H2,1-2H3,(H,19,23). The van der Waals surface area contributed by atoms with Crippen molar-refractivity contribution in [1.82, 2.24) is 19.8 Å². The van der Waals surface area contributed by atoms with Crippen LogP contribution in [0.4, 0.5) is 0 Å². The summed E-state index contributed by atoms with van der Waals surface area (Å²) >= 11 is 0. The molecule has 2 amide bonds. The number of imidazole rings is 1. The number of carbonyl (C=O) groups is 2. The van der Waals surface area contributed by atoms with Gasteiger partial charge in [0.15, 0.2) is 5.82 Å². The zero-order valence-electron chi connectivity index (χ0n) is 14.8. The molecule has 0 unspecified atom stereocenters. The molecule has 1 saturated carbocycles. The first-order valence-electron chi connectivity index (χ1n) is 9.35. The summed E-state index contributed by atoms with van der Waals surface area (Å²) < 4.78 is 1.99. The smallest absolute Gasteiger partial charge is 0.289 e. The highest BCUT2D eigenvalue weighted by Crippen LogP contribution is 2.24. The van der Waals surface area contributed by atoms with Gasteiger partial charge in [-0.2, -0.15) is 0 Å². The van der Waals surface area contributed by atoms with Gasteiger partial charge in [-0.25, -0.2) is 4.98 Å². The Kier molecular flexibility index (Phi) is 5.21. The lowest BCUT2D eigenvalue weighted by Crippen LogP contribution is -2.35. The normalized spacial score (nSPS) is 16.6. The van der Waals surface area contributed by atoms with E-state index in [4.69, 9.17) is 0 Å². The predicted molar refractivity (Wildman–Crippen MR) is 92.1 cm³/mol. The van der Waals surface area contributed by atoms with E-state index in [1.807, 2.05) is 9.47 Å². The Labute approximate surface area is 143 Å². The SMILES string of the molecule is CCCN(CCC)C(=O)c1nc(C(=O)NC2CC2)c2n1CCCC2. The average molecular weight is 332 g/mol. The van der Waals surface area contributed by atoms with Crippen LogP contribution < -0.4 is 5.32 Å². The second-order valence-electron chi connectivity index (χ2n) is 6.88. The molecule has 1 aliphatic heterocycles. The van der Waals surface area contributed by atoms with Crippen molar-refractivity contribution in [2.24, 2.45) is 0 Å². The molecular formula is C18H28N4O2. The predicted octanol–water partition coefficient (Wildman–Crippen LogP) is 2.37. The minimum Gasteiger partial charge on any atom is -0.348 e. The first kappa shape index (κ1) is 17.0. The van der Waals surface area contributed by atoms with E-state index < -0.39 is 0 Å². The Bertz CT molecular complexity index is 613. The van der Waals surface area contributed by atoms with Gasteiger partial charge in [-0.3, -0.25) is 9.59 Å². The van der Waals surface area contributed by atoms with Crippen LogP contribution in [0, 0.1) is 0 Å². The van der Waals surface area contributed by atoms with Gasteiger partial charge < -0.3 is 14.8 Å². The van der Waals surface area contributed by atoms with Gasteiger partial charge in [0.1, 0.15) is 5.69 Å². The number of amides is 2. The highest BCUT2D eigenvalue weighted by molar-refractivity contribution is 5.97. The number of fused-ring (bicyclic) bond motifs is 1. The van der Waals surface area contributed by atoms with E-state index in [2.05, 4.69) is 24.1 Å². The van der Waals surface area contributed by atoms with Gasteiger partial charge in [0.05, 0.1) is 5.69 Å². The molecule has 0 radical (unpaired) electrons. The maximum Gasteiger partial charge on any atom is 0.289 e. The van der Waals surface area contributed by atoms with Gasteiger partial charge in [0.2, 0.25) is 0 Å². The molecule has 1 aromatic heterocycles. The third kappa shape index (κ3) is 3.47. The molecule has 6 heteroatoms. The van der Waals surface area contributed by atoms with Gasteiger partial charge in [-0.05, 0) is 44.9 Å². The van der Waals surface area contributed by atoms with Gasteiger partial charge in [0.25, 0.3) is 11.8 Å². The molecule has 1 aliphatic carbocycles. The van der Waals surface area contributed by atoms with Crippen LogP contribution in [0.3, 0.4) is 0 Å². The molecular weight excluding hydrogens is 304 g/mol. The fraction of sp³-hybridized carbons (Fsp3) is 0.722. The Hall–Kier alpha value is -1.85. The number of nitrogens with zero attached hydrogens (tertiary/aromatic N) is 3. The molecule has 3 rings (SSSR count). The van der Waals surface area contributed by atoms with E-state index >= 15 is 0 Å². The average Bonchev–Trinajstić information content (AvgIpc) is 3.31. The number of hydrogen-bond acceptors (Lipinski definition) is 3. The number of rotatable bonds is 7. The highest BCUT2D eigenvalue weighted by atomic mass is 16.2. The van der Waals surface area contributed by atoms with Crippen LogP contribution in [0.25, 0.3) is 0 Å². The van der Waals surface area contributed by atoms with Crippen LogP contribution in [-0.4, -0.2) is 45.4 Å². The zero-order valence-corrected chi connectivity index (χ0v) is 14.8. The number of carbonyl (C=O) groups excluding carboxylic acids is 2. The van der Waals surface area contributed by atoms with Crippen LogP contribution >= 0.6 is 0 Å². The van der Waals surface area contributed by atoms with Gasteiger partial charge in [0, 0.05) is 25.7 Å². The molecule has 1 aromatic rings. The topological polar surface area (TPSA) is 67.2 Å². The van der Waals surface area contributed by atoms with E-state index in [9.17, 15) is 9.59 Å². The van der Waals surface area contributed by atoms with Gasteiger partial charge >= 0.3 is 0 Å². The summed E-state index contributed by atoms with van der Waals surface area (Å²) in [7, 11) is 0. The van der Waals surface area contributed by atoms with Crippen molar-refractivity contribution in [2.75, 3.05) is 13.1 Å². The molecule has 2 aliphatic rings. The fourth-order valence-corrected chi connectivity index (χ4v) is 3.37.